The molecule has 1 aliphatic carbocycles. The van der Waals surface area contributed by atoms with Gasteiger partial charge in [-0.25, -0.2) is 0 Å². The van der Waals surface area contributed by atoms with Crippen molar-refractivity contribution in [2.24, 2.45) is 0 Å². The summed E-state index contributed by atoms with van der Waals surface area (Å²) in [5, 5.41) is 7.22. The topological polar surface area (TPSA) is 54.3 Å². The summed E-state index contributed by atoms with van der Waals surface area (Å²) in [6.45, 7) is 4.89. The van der Waals surface area contributed by atoms with Crippen molar-refractivity contribution in [2.45, 2.75) is 58.5 Å². The molecule has 1 saturated carbocycles. The summed E-state index contributed by atoms with van der Waals surface area (Å²) >= 11 is 0. The summed E-state index contributed by atoms with van der Waals surface area (Å²) < 4.78 is 5.61. The number of rotatable bonds is 5. The Balaban J connectivity index is 0.000000391. The predicted octanol–water partition coefficient (Wildman–Crippen LogP) is 6.13. The maximum atomic E-state index is 12.4. The number of carbonyl (C=O) groups excluding carboxylic acids is 1. The van der Waals surface area contributed by atoms with Gasteiger partial charge in [-0.3, -0.25) is 4.79 Å². The van der Waals surface area contributed by atoms with Crippen LogP contribution in [0.3, 0.4) is 0 Å². The number of hydrogen-bond acceptors (Lipinski definition) is 3. The number of nitrogens with one attached hydrogen (secondary N) is 2. The zero-order valence-corrected chi connectivity index (χ0v) is 16.8. The van der Waals surface area contributed by atoms with E-state index in [0.717, 1.165) is 16.6 Å². The summed E-state index contributed by atoms with van der Waals surface area (Å²) in [6.07, 6.45) is 7.50. The van der Waals surface area contributed by atoms with E-state index in [1.54, 1.807) is 6.07 Å². The number of furan rings is 1. The molecule has 4 rings (SSSR count). The third kappa shape index (κ3) is 5.70. The minimum absolute atomic E-state index is 0.238. The van der Waals surface area contributed by atoms with Crippen molar-refractivity contribution < 1.29 is 9.21 Å². The fourth-order valence-corrected chi connectivity index (χ4v) is 3.27. The van der Waals surface area contributed by atoms with Gasteiger partial charge in [0.1, 0.15) is 5.58 Å². The first-order chi connectivity index (χ1) is 13.6. The van der Waals surface area contributed by atoms with Crippen LogP contribution in [0.2, 0.25) is 0 Å². The number of fused-ring (bicyclic) bond motifs is 1. The molecule has 0 spiro atoms. The fourth-order valence-electron chi connectivity index (χ4n) is 3.27. The number of anilines is 1. The molecule has 1 fully saturated rings. The normalized spacial score (nSPS) is 13.4. The SMILES string of the molecule is C1CCCC1.CC(C)NCc1ccccc1NC(=O)c1cc2ccccc2o1. The van der Waals surface area contributed by atoms with Gasteiger partial charge < -0.3 is 15.1 Å². The number of amides is 1. The minimum atomic E-state index is -0.238. The van der Waals surface area contributed by atoms with E-state index in [1.165, 1.54) is 32.1 Å². The van der Waals surface area contributed by atoms with Crippen molar-refractivity contribution in [1.82, 2.24) is 5.32 Å². The van der Waals surface area contributed by atoms with E-state index in [4.69, 9.17) is 4.42 Å². The van der Waals surface area contributed by atoms with Gasteiger partial charge in [-0.2, -0.15) is 0 Å². The molecule has 2 N–H and O–H groups in total. The summed E-state index contributed by atoms with van der Waals surface area (Å²) in [5.74, 6) is 0.0796. The molecule has 0 atom stereocenters. The molecule has 3 aromatic rings. The lowest BCUT2D eigenvalue weighted by Crippen LogP contribution is -2.23. The highest BCUT2D eigenvalue weighted by Gasteiger charge is 2.14. The molecule has 1 amide bonds. The lowest BCUT2D eigenvalue weighted by Gasteiger charge is -2.13. The quantitative estimate of drug-likeness (QED) is 0.561. The zero-order valence-electron chi connectivity index (χ0n) is 16.8. The summed E-state index contributed by atoms with van der Waals surface area (Å²) in [7, 11) is 0. The van der Waals surface area contributed by atoms with Crippen LogP contribution in [0.15, 0.2) is 59.0 Å². The van der Waals surface area contributed by atoms with Gasteiger partial charge in [0, 0.05) is 23.7 Å². The Hall–Kier alpha value is -2.59. The van der Waals surface area contributed by atoms with Gasteiger partial charge in [0.25, 0.3) is 5.91 Å². The van der Waals surface area contributed by atoms with E-state index in [2.05, 4.69) is 24.5 Å². The zero-order chi connectivity index (χ0) is 19.8. The van der Waals surface area contributed by atoms with Crippen molar-refractivity contribution >= 4 is 22.6 Å². The van der Waals surface area contributed by atoms with Crippen molar-refractivity contribution in [3.05, 3.63) is 65.9 Å². The van der Waals surface area contributed by atoms with E-state index < -0.39 is 0 Å². The molecule has 1 aliphatic rings. The molecule has 0 aliphatic heterocycles. The van der Waals surface area contributed by atoms with Gasteiger partial charge in [-0.1, -0.05) is 82.3 Å². The third-order valence-corrected chi connectivity index (χ3v) is 4.87. The second kappa shape index (κ2) is 10.1. The highest BCUT2D eigenvalue weighted by molar-refractivity contribution is 6.04. The van der Waals surface area contributed by atoms with Crippen LogP contribution in [0.5, 0.6) is 0 Å². The van der Waals surface area contributed by atoms with Crippen LogP contribution >= 0.6 is 0 Å². The molecule has 0 unspecified atom stereocenters. The molecule has 4 nitrogen and oxygen atoms in total. The maximum Gasteiger partial charge on any atom is 0.291 e. The largest absolute Gasteiger partial charge is 0.451 e. The Morgan fingerprint density at radius 3 is 2.29 bits per heavy atom. The minimum Gasteiger partial charge on any atom is -0.451 e. The molecule has 2 aromatic carbocycles. The Morgan fingerprint density at radius 2 is 1.61 bits per heavy atom. The van der Waals surface area contributed by atoms with Crippen molar-refractivity contribution in [2.75, 3.05) is 5.32 Å². The molecule has 1 aromatic heterocycles. The van der Waals surface area contributed by atoms with Crippen molar-refractivity contribution in [1.29, 1.82) is 0 Å². The lowest BCUT2D eigenvalue weighted by molar-refractivity contribution is 0.0998. The van der Waals surface area contributed by atoms with Crippen LogP contribution in [-0.4, -0.2) is 11.9 Å². The summed E-state index contributed by atoms with van der Waals surface area (Å²) in [4.78, 5) is 12.4. The van der Waals surface area contributed by atoms with Crippen LogP contribution in [0.4, 0.5) is 5.69 Å². The Labute approximate surface area is 167 Å². The second-order valence-electron chi connectivity index (χ2n) is 7.56. The second-order valence-corrected chi connectivity index (χ2v) is 7.56. The predicted molar refractivity (Wildman–Crippen MR) is 116 cm³/mol. The van der Waals surface area contributed by atoms with E-state index >= 15 is 0 Å². The van der Waals surface area contributed by atoms with Crippen LogP contribution < -0.4 is 10.6 Å². The van der Waals surface area contributed by atoms with Gasteiger partial charge in [0.2, 0.25) is 0 Å². The molecule has 0 bridgehead atoms. The summed E-state index contributed by atoms with van der Waals surface area (Å²) in [6, 6.07) is 17.5. The van der Waals surface area contributed by atoms with Gasteiger partial charge in [0.05, 0.1) is 0 Å². The highest BCUT2D eigenvalue weighted by atomic mass is 16.3. The monoisotopic (exact) mass is 378 g/mol. The van der Waals surface area contributed by atoms with E-state index in [1.807, 2.05) is 48.5 Å². The molecular weight excluding hydrogens is 348 g/mol. The Bertz CT molecular complexity index is 854. The van der Waals surface area contributed by atoms with Crippen molar-refractivity contribution in [3.8, 4) is 0 Å². The summed E-state index contributed by atoms with van der Waals surface area (Å²) in [5.41, 5.74) is 2.56. The number of carbonyl (C=O) groups is 1. The number of benzene rings is 2. The molecular formula is C24H30N2O2. The van der Waals surface area contributed by atoms with Crippen LogP contribution in [0.1, 0.15) is 62.1 Å². The highest BCUT2D eigenvalue weighted by Crippen LogP contribution is 2.21. The molecule has 28 heavy (non-hydrogen) atoms. The smallest absolute Gasteiger partial charge is 0.291 e. The molecule has 0 radical (unpaired) electrons. The first kappa shape index (κ1) is 20.2. The third-order valence-electron chi connectivity index (χ3n) is 4.87. The Morgan fingerprint density at radius 1 is 0.964 bits per heavy atom. The molecule has 148 valence electrons. The maximum absolute atomic E-state index is 12.4. The van der Waals surface area contributed by atoms with Gasteiger partial charge in [-0.05, 0) is 23.8 Å². The Kier molecular flexibility index (Phi) is 7.26. The average molecular weight is 379 g/mol. The number of hydrogen-bond donors (Lipinski definition) is 2. The molecule has 4 heteroatoms. The standard InChI is InChI=1S/C19H20N2O2.C5H10/c1-13(2)20-12-15-8-3-5-9-16(15)21-19(22)18-11-14-7-4-6-10-17(14)23-18;1-2-4-5-3-1/h3-11,13,20H,12H2,1-2H3,(H,21,22);1-5H2. The average Bonchev–Trinajstić information content (AvgIpc) is 3.40. The van der Waals surface area contributed by atoms with Crippen LogP contribution in [-0.2, 0) is 6.54 Å². The van der Waals surface area contributed by atoms with E-state index in [9.17, 15) is 4.79 Å². The van der Waals surface area contributed by atoms with Gasteiger partial charge in [0.15, 0.2) is 5.76 Å². The van der Waals surface area contributed by atoms with Gasteiger partial charge >= 0.3 is 0 Å². The fraction of sp³-hybridized carbons (Fsp3) is 0.375. The molecule has 0 saturated heterocycles. The number of para-hydroxylation sites is 2. The van der Waals surface area contributed by atoms with E-state index in [-0.39, 0.29) is 5.91 Å². The van der Waals surface area contributed by atoms with Crippen molar-refractivity contribution in [3.63, 3.8) is 0 Å². The molecule has 1 heterocycles. The van der Waals surface area contributed by atoms with Crippen LogP contribution in [0.25, 0.3) is 11.0 Å². The van der Waals surface area contributed by atoms with E-state index in [0.29, 0.717) is 23.9 Å². The first-order valence-electron chi connectivity index (χ1n) is 10.2. The lowest BCUT2D eigenvalue weighted by atomic mass is 10.1. The van der Waals surface area contributed by atoms with Gasteiger partial charge in [-0.15, -0.1) is 0 Å². The van der Waals surface area contributed by atoms with Crippen LogP contribution in [0, 0.1) is 0 Å². The first-order valence-corrected chi connectivity index (χ1v) is 10.2.